The molecule has 2 aromatic heterocycles. The number of amides is 1. The van der Waals surface area contributed by atoms with Gasteiger partial charge in [0.1, 0.15) is 5.82 Å². The van der Waals surface area contributed by atoms with Crippen LogP contribution in [0.5, 0.6) is 0 Å². The molecule has 1 amide bonds. The number of thioether (sulfide) groups is 1. The van der Waals surface area contributed by atoms with E-state index in [1.54, 1.807) is 16.8 Å². The highest BCUT2D eigenvalue weighted by molar-refractivity contribution is 8.14. The van der Waals surface area contributed by atoms with Crippen LogP contribution in [0.4, 0.5) is 4.39 Å². The first-order valence-electron chi connectivity index (χ1n) is 7.46. The number of halogens is 1. The van der Waals surface area contributed by atoms with Crippen LogP contribution in [0.15, 0.2) is 46.8 Å². The third kappa shape index (κ3) is 3.33. The Kier molecular flexibility index (Phi) is 4.33. The second kappa shape index (κ2) is 6.77. The molecule has 0 unspecified atom stereocenters. The van der Waals surface area contributed by atoms with Gasteiger partial charge in [0.25, 0.3) is 5.91 Å². The van der Waals surface area contributed by atoms with E-state index in [9.17, 15) is 9.18 Å². The summed E-state index contributed by atoms with van der Waals surface area (Å²) in [5.41, 5.74) is 0.629. The van der Waals surface area contributed by atoms with Crippen LogP contribution in [-0.4, -0.2) is 38.1 Å². The Morgan fingerprint density at radius 1 is 1.24 bits per heavy atom. The van der Waals surface area contributed by atoms with Crippen molar-refractivity contribution in [3.05, 3.63) is 53.4 Å². The summed E-state index contributed by atoms with van der Waals surface area (Å²) >= 11 is 2.98. The Morgan fingerprint density at radius 2 is 2.08 bits per heavy atom. The summed E-state index contributed by atoms with van der Waals surface area (Å²) in [6.45, 7) is 0.693. The lowest BCUT2D eigenvalue weighted by Crippen LogP contribution is -2.28. The maximum atomic E-state index is 13.2. The molecular weight excluding hydrogens is 361 g/mol. The molecule has 126 valence electrons. The highest BCUT2D eigenvalue weighted by atomic mass is 32.2. The van der Waals surface area contributed by atoms with E-state index < -0.39 is 5.91 Å². The van der Waals surface area contributed by atoms with Crippen molar-refractivity contribution in [1.82, 2.24) is 20.1 Å². The van der Waals surface area contributed by atoms with E-state index >= 15 is 0 Å². The maximum Gasteiger partial charge on any atom is 0.296 e. The molecule has 1 N–H and O–H groups in total. The standard InChI is InChI=1S/C16H12FN5OS2/c17-10-3-5-11(6-4-10)22-14(12-2-1-8-24-12)19-13(21-22)15(23)20-16-18-7-9-25-16/h1-6,8H,7,9H2,(H,18,20,23). The molecule has 0 spiro atoms. The molecule has 1 aliphatic heterocycles. The van der Waals surface area contributed by atoms with Gasteiger partial charge in [0.05, 0.1) is 17.1 Å². The Hall–Kier alpha value is -2.52. The molecule has 4 rings (SSSR count). The van der Waals surface area contributed by atoms with Crippen molar-refractivity contribution in [2.75, 3.05) is 12.3 Å². The van der Waals surface area contributed by atoms with Gasteiger partial charge in [0.15, 0.2) is 11.0 Å². The Labute approximate surface area is 150 Å². The van der Waals surface area contributed by atoms with Crippen LogP contribution < -0.4 is 5.32 Å². The van der Waals surface area contributed by atoms with Crippen molar-refractivity contribution in [1.29, 1.82) is 0 Å². The van der Waals surface area contributed by atoms with Crippen molar-refractivity contribution in [3.8, 4) is 16.4 Å². The molecule has 0 saturated carbocycles. The predicted molar refractivity (Wildman–Crippen MR) is 96.9 cm³/mol. The zero-order valence-corrected chi connectivity index (χ0v) is 14.5. The van der Waals surface area contributed by atoms with E-state index in [2.05, 4.69) is 20.4 Å². The molecule has 0 atom stereocenters. The number of hydrogen-bond donors (Lipinski definition) is 1. The lowest BCUT2D eigenvalue weighted by atomic mass is 10.3. The summed E-state index contributed by atoms with van der Waals surface area (Å²) in [7, 11) is 0. The fourth-order valence-corrected chi connectivity index (χ4v) is 3.72. The van der Waals surface area contributed by atoms with Crippen molar-refractivity contribution < 1.29 is 9.18 Å². The topological polar surface area (TPSA) is 72.2 Å². The predicted octanol–water partition coefficient (Wildman–Crippen LogP) is 2.97. The van der Waals surface area contributed by atoms with Gasteiger partial charge in [0.2, 0.25) is 5.82 Å². The number of aliphatic imine (C=N–C) groups is 1. The molecule has 0 bridgehead atoms. The molecule has 1 aliphatic rings. The van der Waals surface area contributed by atoms with Gasteiger partial charge in [-0.15, -0.1) is 16.4 Å². The quantitative estimate of drug-likeness (QED) is 0.766. The monoisotopic (exact) mass is 373 g/mol. The first kappa shape index (κ1) is 16.0. The van der Waals surface area contributed by atoms with Gasteiger partial charge in [-0.1, -0.05) is 17.8 Å². The zero-order valence-electron chi connectivity index (χ0n) is 12.8. The average molecular weight is 373 g/mol. The number of carbonyl (C=O) groups excluding carboxylic acids is 1. The summed E-state index contributed by atoms with van der Waals surface area (Å²) in [5, 5.41) is 9.55. The van der Waals surface area contributed by atoms with Crippen molar-refractivity contribution in [2.45, 2.75) is 0 Å². The lowest BCUT2D eigenvalue weighted by Gasteiger charge is -2.04. The van der Waals surface area contributed by atoms with E-state index in [0.717, 1.165) is 10.6 Å². The van der Waals surface area contributed by atoms with Crippen LogP contribution in [0.25, 0.3) is 16.4 Å². The number of aromatic nitrogens is 3. The SMILES string of the molecule is O=C(NC1=NCCS1)c1nc(-c2cccs2)n(-c2ccc(F)cc2)n1. The highest BCUT2D eigenvalue weighted by Gasteiger charge is 2.21. The lowest BCUT2D eigenvalue weighted by molar-refractivity contribution is 0.0968. The second-order valence-corrected chi connectivity index (χ2v) is 7.15. The number of amidine groups is 1. The summed E-state index contributed by atoms with van der Waals surface area (Å²) in [6, 6.07) is 9.68. The van der Waals surface area contributed by atoms with Gasteiger partial charge in [-0.3, -0.25) is 15.1 Å². The number of rotatable bonds is 3. The first-order chi connectivity index (χ1) is 12.2. The van der Waals surface area contributed by atoms with Gasteiger partial charge >= 0.3 is 0 Å². The first-order valence-corrected chi connectivity index (χ1v) is 9.33. The molecule has 0 saturated heterocycles. The second-order valence-electron chi connectivity index (χ2n) is 5.11. The van der Waals surface area contributed by atoms with Crippen molar-refractivity contribution in [3.63, 3.8) is 0 Å². The minimum Gasteiger partial charge on any atom is -0.299 e. The molecule has 3 heterocycles. The molecule has 0 fully saturated rings. The normalized spacial score (nSPS) is 13.7. The minimum atomic E-state index is -0.410. The molecule has 1 aromatic carbocycles. The van der Waals surface area contributed by atoms with Crippen LogP contribution in [0, 0.1) is 5.82 Å². The fourth-order valence-electron chi connectivity index (χ4n) is 2.30. The van der Waals surface area contributed by atoms with Crippen LogP contribution in [-0.2, 0) is 0 Å². The Balaban J connectivity index is 1.73. The smallest absolute Gasteiger partial charge is 0.296 e. The number of nitrogens with zero attached hydrogens (tertiary/aromatic N) is 4. The Morgan fingerprint density at radius 3 is 2.76 bits per heavy atom. The minimum absolute atomic E-state index is 0.0444. The number of benzene rings is 1. The van der Waals surface area contributed by atoms with E-state index in [-0.39, 0.29) is 11.6 Å². The molecule has 6 nitrogen and oxygen atoms in total. The Bertz CT molecular complexity index is 934. The summed E-state index contributed by atoms with van der Waals surface area (Å²) < 4.78 is 14.8. The summed E-state index contributed by atoms with van der Waals surface area (Å²) in [4.78, 5) is 21.9. The number of thiophene rings is 1. The van der Waals surface area contributed by atoms with Crippen LogP contribution >= 0.6 is 23.1 Å². The number of hydrogen-bond acceptors (Lipinski definition) is 6. The summed E-state index contributed by atoms with van der Waals surface area (Å²) in [5.74, 6) is 0.686. The van der Waals surface area contributed by atoms with Crippen molar-refractivity contribution >= 4 is 34.2 Å². The van der Waals surface area contributed by atoms with Gasteiger partial charge in [-0.05, 0) is 35.7 Å². The van der Waals surface area contributed by atoms with Gasteiger partial charge in [-0.2, -0.15) is 0 Å². The molecule has 9 heteroatoms. The van der Waals surface area contributed by atoms with E-state index in [1.807, 2.05) is 17.5 Å². The third-order valence-corrected chi connectivity index (χ3v) is 5.19. The van der Waals surface area contributed by atoms with Crippen LogP contribution in [0.3, 0.4) is 0 Å². The zero-order chi connectivity index (χ0) is 17.2. The van der Waals surface area contributed by atoms with E-state index in [4.69, 9.17) is 0 Å². The highest BCUT2D eigenvalue weighted by Crippen LogP contribution is 2.25. The summed E-state index contributed by atoms with van der Waals surface area (Å²) in [6.07, 6.45) is 0. The molecular formula is C16H12FN5OS2. The molecule has 0 aliphatic carbocycles. The van der Waals surface area contributed by atoms with Crippen molar-refractivity contribution in [2.24, 2.45) is 4.99 Å². The maximum absolute atomic E-state index is 13.2. The average Bonchev–Trinajstić information content (AvgIpc) is 3.36. The molecule has 3 aromatic rings. The van der Waals surface area contributed by atoms with E-state index in [1.165, 1.54) is 35.2 Å². The largest absolute Gasteiger partial charge is 0.299 e. The van der Waals surface area contributed by atoms with Gasteiger partial charge in [-0.25, -0.2) is 14.1 Å². The third-order valence-electron chi connectivity index (χ3n) is 3.43. The van der Waals surface area contributed by atoms with Crippen LogP contribution in [0.1, 0.15) is 10.6 Å². The molecule has 0 radical (unpaired) electrons. The van der Waals surface area contributed by atoms with Crippen LogP contribution in [0.2, 0.25) is 0 Å². The molecule has 25 heavy (non-hydrogen) atoms. The van der Waals surface area contributed by atoms with Gasteiger partial charge in [0, 0.05) is 5.75 Å². The van der Waals surface area contributed by atoms with E-state index in [0.29, 0.717) is 23.2 Å². The van der Waals surface area contributed by atoms with Gasteiger partial charge < -0.3 is 0 Å². The fraction of sp³-hybridized carbons (Fsp3) is 0.125. The number of nitrogens with one attached hydrogen (secondary N) is 1. The number of carbonyl (C=O) groups is 1.